The van der Waals surface area contributed by atoms with Gasteiger partial charge in [-0.25, -0.2) is 0 Å². The smallest absolute Gasteiger partial charge is 0.180 e. The number of aliphatic hydroxyl groups is 1. The number of carbonyl (C=O) groups excluding carboxylic acids is 1. The number of hydrogen-bond acceptors (Lipinski definition) is 5. The minimum atomic E-state index is 0.0300. The fourth-order valence-corrected chi connectivity index (χ4v) is 5.85. The fraction of sp³-hybridized carbons (Fsp3) is 0.536. The lowest BCUT2D eigenvalue weighted by Gasteiger charge is -2.53. The monoisotopic (exact) mass is 447 g/mol. The molecule has 4 atom stereocenters. The van der Waals surface area contributed by atoms with Crippen LogP contribution in [0.5, 0.6) is 0 Å². The summed E-state index contributed by atoms with van der Waals surface area (Å²) in [6.45, 7) is 9.02. The number of nitrogens with one attached hydrogen (secondary N) is 2. The van der Waals surface area contributed by atoms with Crippen molar-refractivity contribution < 1.29 is 9.90 Å². The van der Waals surface area contributed by atoms with Crippen molar-refractivity contribution in [2.45, 2.75) is 64.0 Å². The molecule has 0 spiro atoms. The average molecular weight is 448 g/mol. The molecule has 33 heavy (non-hydrogen) atoms. The zero-order valence-electron chi connectivity index (χ0n) is 20.1. The van der Waals surface area contributed by atoms with Crippen molar-refractivity contribution in [2.75, 3.05) is 30.3 Å². The van der Waals surface area contributed by atoms with E-state index < -0.39 is 0 Å². The largest absolute Gasteiger partial charge is 0.396 e. The van der Waals surface area contributed by atoms with E-state index in [1.165, 1.54) is 18.4 Å². The summed E-state index contributed by atoms with van der Waals surface area (Å²) >= 11 is 0. The Kier molecular flexibility index (Phi) is 5.96. The van der Waals surface area contributed by atoms with Gasteiger partial charge in [-0.3, -0.25) is 9.69 Å². The first-order valence-electron chi connectivity index (χ1n) is 12.6. The van der Waals surface area contributed by atoms with Gasteiger partial charge in [0.25, 0.3) is 0 Å². The molecule has 5 rings (SSSR count). The van der Waals surface area contributed by atoms with Gasteiger partial charge in [-0.05, 0) is 104 Å². The molecule has 3 aliphatic rings. The van der Waals surface area contributed by atoms with E-state index in [2.05, 4.69) is 66.6 Å². The van der Waals surface area contributed by atoms with E-state index in [1.807, 2.05) is 12.1 Å². The summed E-state index contributed by atoms with van der Waals surface area (Å²) in [6.07, 6.45) is 4.48. The van der Waals surface area contributed by atoms with Crippen LogP contribution in [0.4, 0.5) is 17.1 Å². The lowest BCUT2D eigenvalue weighted by molar-refractivity contribution is 0.0266. The van der Waals surface area contributed by atoms with Crippen molar-refractivity contribution in [3.05, 3.63) is 53.6 Å². The zero-order valence-corrected chi connectivity index (χ0v) is 20.1. The summed E-state index contributed by atoms with van der Waals surface area (Å²) in [5, 5.41) is 16.0. The second-order valence-corrected chi connectivity index (χ2v) is 10.7. The van der Waals surface area contributed by atoms with Crippen molar-refractivity contribution in [2.24, 2.45) is 11.8 Å². The van der Waals surface area contributed by atoms with Crippen LogP contribution in [-0.4, -0.2) is 47.6 Å². The van der Waals surface area contributed by atoms with E-state index in [1.54, 1.807) is 0 Å². The Morgan fingerprint density at radius 2 is 1.82 bits per heavy atom. The SMILES string of the molecule is CC(CCO)Nc1ccc(Nc2ccc3c(c2)[C@]2(C)CCN(CC4CC4)C(C3=O)[C@@H]2C)cc1. The molecule has 5 nitrogen and oxygen atoms in total. The van der Waals surface area contributed by atoms with Gasteiger partial charge in [-0.2, -0.15) is 0 Å². The molecule has 0 radical (unpaired) electrons. The predicted molar refractivity (Wildman–Crippen MR) is 135 cm³/mol. The topological polar surface area (TPSA) is 64.6 Å². The Morgan fingerprint density at radius 1 is 1.12 bits per heavy atom. The van der Waals surface area contributed by atoms with Gasteiger partial charge in [0, 0.05) is 41.8 Å². The first kappa shape index (κ1) is 22.4. The molecule has 176 valence electrons. The molecule has 2 bridgehead atoms. The molecule has 2 fully saturated rings. The molecule has 1 aliphatic heterocycles. The molecular weight excluding hydrogens is 410 g/mol. The number of benzene rings is 2. The highest BCUT2D eigenvalue weighted by atomic mass is 16.3. The average Bonchev–Trinajstić information content (AvgIpc) is 3.61. The first-order valence-corrected chi connectivity index (χ1v) is 12.6. The van der Waals surface area contributed by atoms with Crippen molar-refractivity contribution in [1.82, 2.24) is 4.90 Å². The number of nitrogens with zero attached hydrogens (tertiary/aromatic N) is 1. The number of carbonyl (C=O) groups is 1. The van der Waals surface area contributed by atoms with E-state index in [-0.39, 0.29) is 24.1 Å². The number of aliphatic hydroxyl groups excluding tert-OH is 1. The van der Waals surface area contributed by atoms with Crippen LogP contribution < -0.4 is 10.6 Å². The number of rotatable bonds is 8. The Labute approximate surface area is 197 Å². The molecule has 0 aromatic heterocycles. The molecular formula is C28H37N3O2. The minimum Gasteiger partial charge on any atom is -0.396 e. The zero-order chi connectivity index (χ0) is 23.2. The van der Waals surface area contributed by atoms with Crippen LogP contribution in [-0.2, 0) is 5.41 Å². The highest BCUT2D eigenvalue weighted by Crippen LogP contribution is 2.50. The molecule has 2 aromatic carbocycles. The summed E-state index contributed by atoms with van der Waals surface area (Å²) in [5.41, 5.74) is 5.26. The van der Waals surface area contributed by atoms with Gasteiger partial charge < -0.3 is 15.7 Å². The lowest BCUT2D eigenvalue weighted by atomic mass is 9.58. The van der Waals surface area contributed by atoms with Crippen LogP contribution in [0.15, 0.2) is 42.5 Å². The summed E-state index contributed by atoms with van der Waals surface area (Å²) in [4.78, 5) is 16.0. The highest BCUT2D eigenvalue weighted by molar-refractivity contribution is 6.04. The third kappa shape index (κ3) is 4.29. The summed E-state index contributed by atoms with van der Waals surface area (Å²) in [7, 11) is 0. The van der Waals surface area contributed by atoms with Crippen LogP contribution in [0, 0.1) is 11.8 Å². The molecule has 1 saturated heterocycles. The Balaban J connectivity index is 1.35. The quantitative estimate of drug-likeness (QED) is 0.520. The molecule has 2 unspecified atom stereocenters. The molecule has 0 amide bonds. The molecule has 1 heterocycles. The van der Waals surface area contributed by atoms with Crippen LogP contribution in [0.2, 0.25) is 0 Å². The van der Waals surface area contributed by atoms with Gasteiger partial charge in [0.15, 0.2) is 5.78 Å². The molecule has 3 N–H and O–H groups in total. The minimum absolute atomic E-state index is 0.0300. The number of ketones is 1. The van der Waals surface area contributed by atoms with Crippen LogP contribution >= 0.6 is 0 Å². The molecule has 5 heteroatoms. The van der Waals surface area contributed by atoms with Crippen LogP contribution in [0.1, 0.15) is 62.4 Å². The summed E-state index contributed by atoms with van der Waals surface area (Å²) in [5.74, 6) is 1.45. The van der Waals surface area contributed by atoms with Crippen molar-refractivity contribution >= 4 is 22.8 Å². The summed E-state index contributed by atoms with van der Waals surface area (Å²) in [6, 6.07) is 14.8. The van der Waals surface area contributed by atoms with Gasteiger partial charge in [-0.15, -0.1) is 0 Å². The highest BCUT2D eigenvalue weighted by Gasteiger charge is 2.52. The van der Waals surface area contributed by atoms with Crippen LogP contribution in [0.25, 0.3) is 0 Å². The third-order valence-electron chi connectivity index (χ3n) is 8.30. The maximum Gasteiger partial charge on any atom is 0.180 e. The maximum absolute atomic E-state index is 13.5. The fourth-order valence-electron chi connectivity index (χ4n) is 5.85. The molecule has 1 saturated carbocycles. The van der Waals surface area contributed by atoms with E-state index in [0.29, 0.717) is 11.7 Å². The second kappa shape index (κ2) is 8.77. The van der Waals surface area contributed by atoms with E-state index in [4.69, 9.17) is 5.11 Å². The van der Waals surface area contributed by atoms with Crippen molar-refractivity contribution in [1.29, 1.82) is 0 Å². The standard InChI is InChI=1S/C28H37N3O2/c1-18(12-15-32)29-21-6-8-22(9-7-21)30-23-10-11-24-25(16-23)28(3)13-14-31(17-20-4-5-20)26(19(28)2)27(24)33/h6-11,16,18-20,26,29-30,32H,4-5,12-15,17H2,1-3H3/t18?,19-,26?,28+/m0/s1. The summed E-state index contributed by atoms with van der Waals surface area (Å²) < 4.78 is 0. The van der Waals surface area contributed by atoms with E-state index >= 15 is 0 Å². The number of piperidine rings is 1. The van der Waals surface area contributed by atoms with Crippen molar-refractivity contribution in [3.8, 4) is 0 Å². The lowest BCUT2D eigenvalue weighted by Crippen LogP contribution is -2.61. The maximum atomic E-state index is 13.5. The number of hydrogen-bond donors (Lipinski definition) is 3. The normalized spacial score (nSPS) is 27.7. The predicted octanol–water partition coefficient (Wildman–Crippen LogP) is 5.19. The van der Waals surface area contributed by atoms with Gasteiger partial charge in [-0.1, -0.05) is 13.8 Å². The number of anilines is 3. The Morgan fingerprint density at radius 3 is 2.52 bits per heavy atom. The van der Waals surface area contributed by atoms with Crippen molar-refractivity contribution in [3.63, 3.8) is 0 Å². The molecule has 2 aliphatic carbocycles. The van der Waals surface area contributed by atoms with Gasteiger partial charge in [0.05, 0.1) is 6.04 Å². The van der Waals surface area contributed by atoms with E-state index in [9.17, 15) is 4.79 Å². The van der Waals surface area contributed by atoms with E-state index in [0.717, 1.165) is 54.5 Å². The number of fused-ring (bicyclic) bond motifs is 4. The van der Waals surface area contributed by atoms with Crippen LogP contribution in [0.3, 0.4) is 0 Å². The van der Waals surface area contributed by atoms with Gasteiger partial charge >= 0.3 is 0 Å². The Bertz CT molecular complexity index is 1020. The van der Waals surface area contributed by atoms with Gasteiger partial charge in [0.1, 0.15) is 0 Å². The first-order chi connectivity index (χ1) is 15.9. The molecule has 2 aromatic rings. The second-order valence-electron chi connectivity index (χ2n) is 10.7. The van der Waals surface area contributed by atoms with Gasteiger partial charge in [0.2, 0.25) is 0 Å². The number of likely N-dealkylation sites (tertiary alicyclic amines) is 1. The number of Topliss-reactive ketones (excluding diaryl/α,β-unsaturated/α-hetero) is 1. The third-order valence-corrected chi connectivity index (χ3v) is 8.30. The Hall–Kier alpha value is -2.37.